The Morgan fingerprint density at radius 1 is 1.08 bits per heavy atom. The molecule has 0 bridgehead atoms. The summed E-state index contributed by atoms with van der Waals surface area (Å²) < 4.78 is 10.6. The zero-order valence-corrected chi connectivity index (χ0v) is 16.4. The fraction of sp³-hybridized carbons (Fsp3) is 0.550. The van der Waals surface area contributed by atoms with Crippen molar-refractivity contribution < 1.29 is 23.9 Å². The summed E-state index contributed by atoms with van der Waals surface area (Å²) >= 11 is 0. The lowest BCUT2D eigenvalue weighted by molar-refractivity contribution is -0.139. The van der Waals surface area contributed by atoms with Gasteiger partial charge < -0.3 is 14.8 Å². The number of benzene rings is 1. The Morgan fingerprint density at radius 3 is 2.12 bits per heavy atom. The van der Waals surface area contributed by atoms with Crippen molar-refractivity contribution in [1.29, 1.82) is 0 Å². The summed E-state index contributed by atoms with van der Waals surface area (Å²) in [6, 6.07) is 6.40. The highest BCUT2D eigenvalue weighted by Gasteiger charge is 2.24. The topological polar surface area (TPSA) is 81.7 Å². The number of Topliss-reactive ketones (excluding diaryl/α,β-unsaturated/α-hetero) is 1. The molecule has 1 N–H and O–H groups in total. The molecule has 0 aliphatic heterocycles. The van der Waals surface area contributed by atoms with Crippen LogP contribution >= 0.6 is 0 Å². The Hall–Kier alpha value is -2.37. The van der Waals surface area contributed by atoms with Crippen LogP contribution in [0.2, 0.25) is 0 Å². The van der Waals surface area contributed by atoms with Crippen LogP contribution in [0.15, 0.2) is 24.3 Å². The first-order valence-corrected chi connectivity index (χ1v) is 8.77. The molecule has 0 aromatic heterocycles. The molecule has 26 heavy (non-hydrogen) atoms. The van der Waals surface area contributed by atoms with Crippen molar-refractivity contribution in [3.8, 4) is 5.75 Å². The predicted octanol–water partition coefficient (Wildman–Crippen LogP) is 3.98. The first-order chi connectivity index (χ1) is 12.0. The molecule has 1 aromatic rings. The Balaban J connectivity index is 2.70. The van der Waals surface area contributed by atoms with Gasteiger partial charge in [-0.25, -0.2) is 4.79 Å². The minimum Gasteiger partial charge on any atom is -0.444 e. The van der Waals surface area contributed by atoms with Gasteiger partial charge in [-0.2, -0.15) is 0 Å². The van der Waals surface area contributed by atoms with Crippen LogP contribution in [0.4, 0.5) is 4.79 Å². The van der Waals surface area contributed by atoms with Gasteiger partial charge in [0.1, 0.15) is 11.4 Å². The maximum absolute atomic E-state index is 12.5. The molecule has 0 unspecified atom stereocenters. The van der Waals surface area contributed by atoms with Gasteiger partial charge in [-0.05, 0) is 64.3 Å². The lowest BCUT2D eigenvalue weighted by Gasteiger charge is -2.22. The molecule has 0 aliphatic carbocycles. The first kappa shape index (κ1) is 21.7. The van der Waals surface area contributed by atoms with Crippen molar-refractivity contribution in [2.75, 3.05) is 6.54 Å². The number of carbonyl (C=O) groups excluding carboxylic acids is 3. The zero-order chi connectivity index (χ0) is 19.9. The van der Waals surface area contributed by atoms with Crippen molar-refractivity contribution in [3.05, 3.63) is 29.8 Å². The lowest BCUT2D eigenvalue weighted by Crippen LogP contribution is -2.38. The third kappa shape index (κ3) is 8.14. The first-order valence-electron chi connectivity index (χ1n) is 8.77. The molecule has 1 aromatic carbocycles. The van der Waals surface area contributed by atoms with Gasteiger partial charge in [0.2, 0.25) is 0 Å². The number of ketones is 1. The van der Waals surface area contributed by atoms with E-state index in [1.54, 1.807) is 45.0 Å². The average Bonchev–Trinajstić information content (AvgIpc) is 2.49. The molecule has 0 aliphatic rings. The Kier molecular flexibility index (Phi) is 7.80. The normalized spacial score (nSPS) is 12.4. The van der Waals surface area contributed by atoms with Gasteiger partial charge >= 0.3 is 12.1 Å². The van der Waals surface area contributed by atoms with E-state index in [4.69, 9.17) is 9.47 Å². The van der Waals surface area contributed by atoms with Crippen LogP contribution in [0, 0.1) is 11.8 Å². The molecule has 0 radical (unpaired) electrons. The summed E-state index contributed by atoms with van der Waals surface area (Å²) in [5.74, 6) is -0.346. The number of hydrogen-bond donors (Lipinski definition) is 1. The van der Waals surface area contributed by atoms with Gasteiger partial charge in [0.15, 0.2) is 5.78 Å². The quantitative estimate of drug-likeness (QED) is 0.450. The molecule has 6 heteroatoms. The molecule has 0 fully saturated rings. The average molecular weight is 363 g/mol. The van der Waals surface area contributed by atoms with Gasteiger partial charge in [-0.15, -0.1) is 0 Å². The second-order valence-corrected chi connectivity index (χ2v) is 7.71. The number of ether oxygens (including phenoxy) is 2. The number of carbonyl (C=O) groups is 3. The van der Waals surface area contributed by atoms with Crippen molar-refractivity contribution in [2.45, 2.75) is 53.6 Å². The fourth-order valence-corrected chi connectivity index (χ4v) is 2.31. The van der Waals surface area contributed by atoms with Gasteiger partial charge in [0.25, 0.3) is 0 Å². The highest BCUT2D eigenvalue weighted by Crippen LogP contribution is 2.18. The van der Waals surface area contributed by atoms with E-state index < -0.39 is 23.6 Å². The zero-order valence-electron chi connectivity index (χ0n) is 16.4. The summed E-state index contributed by atoms with van der Waals surface area (Å²) in [7, 11) is 0. The molecule has 0 heterocycles. The van der Waals surface area contributed by atoms with E-state index in [-0.39, 0.29) is 18.2 Å². The van der Waals surface area contributed by atoms with Crippen molar-refractivity contribution in [1.82, 2.24) is 5.32 Å². The fourth-order valence-electron chi connectivity index (χ4n) is 2.31. The third-order valence-corrected chi connectivity index (χ3v) is 3.46. The number of nitrogens with one attached hydrogen (secondary N) is 1. The Bertz CT molecular complexity index is 629. The van der Waals surface area contributed by atoms with E-state index >= 15 is 0 Å². The van der Waals surface area contributed by atoms with Crippen molar-refractivity contribution in [2.24, 2.45) is 11.8 Å². The number of hydrogen-bond acceptors (Lipinski definition) is 5. The van der Waals surface area contributed by atoms with Gasteiger partial charge in [0.05, 0.1) is 5.92 Å². The van der Waals surface area contributed by atoms with Crippen LogP contribution in [0.5, 0.6) is 5.75 Å². The summed E-state index contributed by atoms with van der Waals surface area (Å²) in [5, 5.41) is 2.63. The number of esters is 1. The summed E-state index contributed by atoms with van der Waals surface area (Å²) in [5.41, 5.74) is -0.0496. The van der Waals surface area contributed by atoms with E-state index in [0.29, 0.717) is 17.7 Å². The molecule has 144 valence electrons. The molecular formula is C20H29NO5. The smallest absolute Gasteiger partial charge is 0.407 e. The summed E-state index contributed by atoms with van der Waals surface area (Å²) in [6.45, 7) is 10.9. The maximum Gasteiger partial charge on any atom is 0.407 e. The molecule has 0 saturated carbocycles. The highest BCUT2D eigenvalue weighted by atomic mass is 16.6. The standard InChI is InChI=1S/C20H29NO5/c1-13(2)11-16(12-21-19(24)26-20(4,5)6)18(23)25-17-9-7-15(8-10-17)14(3)22/h7-10,13,16H,11-12H2,1-6H3,(H,21,24)/t16-/m0/s1. The van der Waals surface area contributed by atoms with E-state index in [1.165, 1.54) is 6.92 Å². The van der Waals surface area contributed by atoms with E-state index in [0.717, 1.165) is 0 Å². The minimum atomic E-state index is -0.601. The minimum absolute atomic E-state index is 0.0536. The molecule has 6 nitrogen and oxygen atoms in total. The lowest BCUT2D eigenvalue weighted by atomic mass is 9.97. The Labute approximate surface area is 155 Å². The van der Waals surface area contributed by atoms with E-state index in [2.05, 4.69) is 5.32 Å². The second-order valence-electron chi connectivity index (χ2n) is 7.71. The molecule has 1 amide bonds. The SMILES string of the molecule is CC(=O)c1ccc(OC(=O)[C@H](CNC(=O)OC(C)(C)C)CC(C)C)cc1. The molecule has 0 saturated heterocycles. The molecule has 0 spiro atoms. The van der Waals surface area contributed by atoms with Crippen molar-refractivity contribution in [3.63, 3.8) is 0 Å². The second kappa shape index (κ2) is 9.36. The summed E-state index contributed by atoms with van der Waals surface area (Å²) in [4.78, 5) is 35.6. The van der Waals surface area contributed by atoms with Crippen LogP contribution in [0.1, 0.15) is 58.3 Å². The monoisotopic (exact) mass is 363 g/mol. The van der Waals surface area contributed by atoms with E-state index in [9.17, 15) is 14.4 Å². The van der Waals surface area contributed by atoms with Crippen molar-refractivity contribution >= 4 is 17.8 Å². The maximum atomic E-state index is 12.5. The van der Waals surface area contributed by atoms with Crippen LogP contribution in [-0.2, 0) is 9.53 Å². The van der Waals surface area contributed by atoms with Crippen LogP contribution in [0.25, 0.3) is 0 Å². The molecule has 1 atom stereocenters. The van der Waals surface area contributed by atoms with Crippen LogP contribution < -0.4 is 10.1 Å². The molecular weight excluding hydrogens is 334 g/mol. The van der Waals surface area contributed by atoms with Gasteiger partial charge in [-0.1, -0.05) is 13.8 Å². The Morgan fingerprint density at radius 2 is 1.65 bits per heavy atom. The van der Waals surface area contributed by atoms with Gasteiger partial charge in [0, 0.05) is 12.1 Å². The molecule has 1 rings (SSSR count). The van der Waals surface area contributed by atoms with Crippen LogP contribution in [0.3, 0.4) is 0 Å². The highest BCUT2D eigenvalue weighted by molar-refractivity contribution is 5.94. The van der Waals surface area contributed by atoms with Gasteiger partial charge in [-0.3, -0.25) is 9.59 Å². The van der Waals surface area contributed by atoms with E-state index in [1.807, 2.05) is 13.8 Å². The number of alkyl carbamates (subject to hydrolysis) is 1. The number of rotatable bonds is 7. The number of amides is 1. The third-order valence-electron chi connectivity index (χ3n) is 3.46. The summed E-state index contributed by atoms with van der Waals surface area (Å²) in [6.07, 6.45) is 0.00467. The predicted molar refractivity (Wildman–Crippen MR) is 99.3 cm³/mol. The largest absolute Gasteiger partial charge is 0.444 e. The van der Waals surface area contributed by atoms with Crippen LogP contribution in [-0.4, -0.2) is 30.0 Å².